The predicted molar refractivity (Wildman–Crippen MR) is 509 cm³/mol. The third kappa shape index (κ3) is 12.5. The van der Waals surface area contributed by atoms with Gasteiger partial charge in [0, 0.05) is 67.2 Å². The van der Waals surface area contributed by atoms with Crippen molar-refractivity contribution in [2.24, 2.45) is 0 Å². The topological polar surface area (TPSA) is 32.8 Å². The van der Waals surface area contributed by atoms with Gasteiger partial charge in [-0.15, -0.1) is 0 Å². The van der Waals surface area contributed by atoms with E-state index in [0.717, 1.165) is 90.7 Å². The number of benzene rings is 17. The van der Waals surface area contributed by atoms with Gasteiger partial charge in [0.05, 0.1) is 11.4 Å². The van der Waals surface area contributed by atoms with Crippen LogP contribution in [0.5, 0.6) is 0 Å². The smallest absolute Gasteiger partial charge is 0.179 e. The molecule has 2 aromatic heterocycles. The number of para-hydroxylation sites is 2. The van der Waals surface area contributed by atoms with Crippen LogP contribution in [0.2, 0.25) is 0 Å². The van der Waals surface area contributed by atoms with Crippen LogP contribution < -0.4 is 51.3 Å². The summed E-state index contributed by atoms with van der Waals surface area (Å²) in [5, 5.41) is 22.8. The van der Waals surface area contributed by atoms with Crippen molar-refractivity contribution >= 4 is 168 Å². The molecule has 2 heterocycles. The first-order valence-electron chi connectivity index (χ1n) is 41.9. The zero-order chi connectivity index (χ0) is 80.2. The molecule has 0 unspecified atom stereocenters. The van der Waals surface area contributed by atoms with Gasteiger partial charge >= 0.3 is 0 Å². The molecule has 0 aliphatic heterocycles. The SMILES string of the molecule is Cc1ccc([Si](c2ccc(C)cc2)(c2ccc(C)cc2)c2cccc(C3=CC=C(N(c4ccc5c(c4)oc4ccccc45)c4cc(C(C)C)c5ccc6c(N(c7ccc(-c8cccc([Si](c9ccc(C)cc9)(c9ccc(C)cc9)c9ccc(C)cc9)c8)cc7)c7ccc8c(c7)oc7ccccc78)cc(C(C)C)c7ccc4c5c76)CC3)c2)cc1. The Morgan fingerprint density at radius 1 is 0.254 bits per heavy atom. The minimum Gasteiger partial charge on any atom is -0.456 e. The molecule has 0 atom stereocenters. The Hall–Kier alpha value is -13.1. The molecule has 572 valence electrons. The van der Waals surface area contributed by atoms with Gasteiger partial charge in [0.1, 0.15) is 22.3 Å². The summed E-state index contributed by atoms with van der Waals surface area (Å²) in [5.41, 5.74) is 25.1. The molecular formula is C112H94N2O2Si2. The molecule has 0 saturated heterocycles. The molecular weight excluding hydrogens is 1460 g/mol. The third-order valence-corrected chi connectivity index (χ3v) is 35.2. The van der Waals surface area contributed by atoms with Crippen molar-refractivity contribution in [2.45, 2.75) is 93.9 Å². The van der Waals surface area contributed by atoms with Crippen molar-refractivity contribution in [1.29, 1.82) is 0 Å². The van der Waals surface area contributed by atoms with E-state index in [2.05, 4.69) is 431 Å². The Bertz CT molecular complexity index is 6920. The van der Waals surface area contributed by atoms with E-state index in [-0.39, 0.29) is 11.8 Å². The summed E-state index contributed by atoms with van der Waals surface area (Å²) in [6, 6.07) is 130. The second kappa shape index (κ2) is 29.6. The van der Waals surface area contributed by atoms with Gasteiger partial charge in [-0.25, -0.2) is 0 Å². The Kier molecular flexibility index (Phi) is 18.5. The van der Waals surface area contributed by atoms with Crippen molar-refractivity contribution < 1.29 is 8.83 Å². The van der Waals surface area contributed by atoms with Crippen LogP contribution in [-0.2, 0) is 0 Å². The summed E-state index contributed by atoms with van der Waals surface area (Å²) in [7, 11) is -5.77. The van der Waals surface area contributed by atoms with Gasteiger partial charge in [0.2, 0.25) is 0 Å². The number of aryl methyl sites for hydroxylation is 6. The average molecular weight is 1560 g/mol. The minimum absolute atomic E-state index is 0.171. The lowest BCUT2D eigenvalue weighted by molar-refractivity contribution is 0.668. The van der Waals surface area contributed by atoms with Gasteiger partial charge in [0.15, 0.2) is 16.1 Å². The van der Waals surface area contributed by atoms with E-state index in [9.17, 15) is 0 Å². The highest BCUT2D eigenvalue weighted by Crippen LogP contribution is 2.52. The normalized spacial score (nSPS) is 12.8. The van der Waals surface area contributed by atoms with Crippen LogP contribution in [0.15, 0.2) is 366 Å². The van der Waals surface area contributed by atoms with Crippen LogP contribution in [-0.4, -0.2) is 16.1 Å². The van der Waals surface area contributed by atoms with Crippen LogP contribution in [0.4, 0.5) is 28.4 Å². The summed E-state index contributed by atoms with van der Waals surface area (Å²) < 4.78 is 13.7. The minimum atomic E-state index is -2.89. The first-order chi connectivity index (χ1) is 57.5. The summed E-state index contributed by atoms with van der Waals surface area (Å²) >= 11 is 0. The maximum atomic E-state index is 6.85. The molecule has 118 heavy (non-hydrogen) atoms. The molecule has 6 heteroatoms. The fraction of sp³-hybridized carbons (Fsp3) is 0.125. The van der Waals surface area contributed by atoms with Gasteiger partial charge in [-0.3, -0.25) is 0 Å². The molecule has 0 bridgehead atoms. The number of allylic oxidation sites excluding steroid dienone is 4. The van der Waals surface area contributed by atoms with Crippen LogP contribution >= 0.6 is 0 Å². The summed E-state index contributed by atoms with van der Waals surface area (Å²) in [5.74, 6) is 0.351. The second-order valence-electron chi connectivity index (χ2n) is 33.8. The highest BCUT2D eigenvalue weighted by molar-refractivity contribution is 7.20. The predicted octanol–water partition coefficient (Wildman–Crippen LogP) is 25.3. The quantitative estimate of drug-likeness (QED) is 0.0487. The fourth-order valence-corrected chi connectivity index (χ4v) is 28.9. The van der Waals surface area contributed by atoms with Crippen LogP contribution in [0.25, 0.3) is 92.9 Å². The number of nitrogens with zero attached hydrogens (tertiary/aromatic N) is 2. The van der Waals surface area contributed by atoms with E-state index in [1.165, 1.54) is 141 Å². The van der Waals surface area contributed by atoms with Gasteiger partial charge in [0.25, 0.3) is 0 Å². The zero-order valence-corrected chi connectivity index (χ0v) is 70.8. The molecule has 17 aromatic carbocycles. The van der Waals surface area contributed by atoms with Crippen molar-refractivity contribution in [1.82, 2.24) is 0 Å². The molecule has 4 nitrogen and oxygen atoms in total. The van der Waals surface area contributed by atoms with Gasteiger partial charge in [-0.05, 0) is 229 Å². The van der Waals surface area contributed by atoms with E-state index in [1.807, 2.05) is 0 Å². The Morgan fingerprint density at radius 3 is 1.00 bits per heavy atom. The highest BCUT2D eigenvalue weighted by atomic mass is 28.3. The van der Waals surface area contributed by atoms with E-state index < -0.39 is 16.1 Å². The molecule has 0 N–H and O–H groups in total. The standard InChI is InChI=1S/C112H94N2O2Si2/c1-71(2)103-69-105(113(85-45-59-97-95-21-11-13-23-107(95)115-109(97)67-85)83-41-37-79(38-42-83)81-17-15-19-93(65-81)117(87-47-25-73(5)26-48-87,88-49-27-74(6)28-50-88)89-51-29-75(7)30-52-89)101-64-62-100-104(72(3)4)70-106(102-63-61-99(103)111(101)112(100)102)114(86-46-60-98-96-22-12-14-24-108(96)116-110(98)68-86)84-43-39-80(40-44-84)82-18-16-20-94(66-82)118(90-53-31-76(8)32-54-90,91-55-33-77(9)34-56-91)92-57-35-78(10)36-58-92/h11-39,41-43,45-72H,40,44H2,1-10H3. The number of anilines is 5. The number of hydrogen-bond acceptors (Lipinski definition) is 4. The molecule has 1 aliphatic carbocycles. The highest BCUT2D eigenvalue weighted by Gasteiger charge is 2.44. The molecule has 0 fully saturated rings. The first kappa shape index (κ1) is 73.8. The van der Waals surface area contributed by atoms with Crippen molar-refractivity contribution in [3.05, 3.63) is 408 Å². The molecule has 0 saturated carbocycles. The fourth-order valence-electron chi connectivity index (χ4n) is 19.5. The molecule has 0 amide bonds. The number of fused-ring (bicyclic) bond motifs is 6. The summed E-state index contributed by atoms with van der Waals surface area (Å²) in [6.07, 6.45) is 6.50. The van der Waals surface area contributed by atoms with Crippen molar-refractivity contribution in [3.63, 3.8) is 0 Å². The lowest BCUT2D eigenvalue weighted by Gasteiger charge is -2.35. The number of hydrogen-bond donors (Lipinski definition) is 0. The molecule has 0 spiro atoms. The van der Waals surface area contributed by atoms with E-state index >= 15 is 0 Å². The van der Waals surface area contributed by atoms with E-state index in [1.54, 1.807) is 0 Å². The van der Waals surface area contributed by atoms with Gasteiger partial charge in [-0.2, -0.15) is 0 Å². The number of rotatable bonds is 18. The summed E-state index contributed by atoms with van der Waals surface area (Å²) in [4.78, 5) is 5.10. The van der Waals surface area contributed by atoms with Crippen LogP contribution in [0, 0.1) is 41.5 Å². The first-order valence-corrected chi connectivity index (χ1v) is 45.9. The van der Waals surface area contributed by atoms with Crippen LogP contribution in [0.3, 0.4) is 0 Å². The Labute approximate surface area is 694 Å². The van der Waals surface area contributed by atoms with Crippen LogP contribution in [0.1, 0.15) is 102 Å². The maximum absolute atomic E-state index is 6.85. The molecule has 0 radical (unpaired) electrons. The van der Waals surface area contributed by atoms with E-state index in [4.69, 9.17) is 8.83 Å². The van der Waals surface area contributed by atoms with Gasteiger partial charge < -0.3 is 18.6 Å². The third-order valence-electron chi connectivity index (χ3n) is 25.6. The molecule has 20 rings (SSSR count). The summed E-state index contributed by atoms with van der Waals surface area (Å²) in [6.45, 7) is 22.6. The van der Waals surface area contributed by atoms with Crippen molar-refractivity contribution in [3.8, 4) is 11.1 Å². The molecule has 19 aromatic rings. The largest absolute Gasteiger partial charge is 0.456 e. The van der Waals surface area contributed by atoms with Crippen molar-refractivity contribution in [2.75, 3.05) is 9.80 Å². The zero-order valence-electron chi connectivity index (χ0n) is 68.8. The molecule has 1 aliphatic rings. The van der Waals surface area contributed by atoms with Gasteiger partial charge in [-0.1, -0.05) is 334 Å². The maximum Gasteiger partial charge on any atom is 0.179 e. The van der Waals surface area contributed by atoms with E-state index in [0.29, 0.717) is 0 Å². The lowest BCUT2D eigenvalue weighted by Crippen LogP contribution is -2.74. The Balaban J connectivity index is 0.768. The lowest BCUT2D eigenvalue weighted by atomic mass is 9.84. The average Bonchev–Trinajstić information content (AvgIpc) is 1.26. The monoisotopic (exact) mass is 1550 g/mol. The Morgan fingerprint density at radius 2 is 0.602 bits per heavy atom. The number of furan rings is 2. The second-order valence-corrected chi connectivity index (χ2v) is 41.5.